The molecule has 0 saturated heterocycles. The third-order valence-electron chi connectivity index (χ3n) is 8.29. The molecule has 49 atom stereocenters. The fourth-order valence-corrected chi connectivity index (χ4v) is 1400. The molecule has 94 heavy (non-hydrogen) atoms. The molecule has 94 heteroatoms. The third kappa shape index (κ3) is 47.1. The van der Waals surface area contributed by atoms with E-state index >= 15 is 0 Å². The van der Waals surface area contributed by atoms with Gasteiger partial charge in [-0.25, -0.2) is 0 Å². The van der Waals surface area contributed by atoms with Crippen LogP contribution >= 0.6 is 750 Å². The minimum absolute atomic E-state index is 0.401. The molecule has 0 spiro atoms. The van der Waals surface area contributed by atoms with Crippen molar-refractivity contribution in [3.63, 3.8) is 0 Å². The van der Waals surface area contributed by atoms with Crippen molar-refractivity contribution in [3.8, 4) is 0 Å². The molecule has 0 nitrogen and oxygen atoms in total. The first-order chi connectivity index (χ1) is 42.7. The second kappa shape index (κ2) is 73.5. The molecule has 0 rings (SSSR count). The van der Waals surface area contributed by atoms with Crippen molar-refractivity contribution < 1.29 is 0 Å². The number of hydrogen-bond acceptors (Lipinski definition) is 0. The van der Waals surface area contributed by atoms with Gasteiger partial charge in [0.25, 0.3) is 0 Å². The summed E-state index contributed by atoms with van der Waals surface area (Å²) in [5.74, 6) is 0. The Morgan fingerprint density at radius 1 is 0.0851 bits per heavy atom. The molecule has 49 unspecified atom stereocenters. The van der Waals surface area contributed by atoms with E-state index in [0.29, 0.717) is 0 Å². The Bertz CT molecular complexity index is 1350. The number of rotatable bonds is 45. The SMILES string of the molecule is [PH]P([PH])P(P(P)P)P(P(P(P)P)P(P)P)P(P(P(P(P)P)P(P)P)P(P(P)P)P(P)P)P(P(P(P(P(P)P)P(P)P)P(P(P)P)P(P)P)P(P(P(P)P)P(P)P)P(P(P)P)P(P)P)P(P(P(P(P)P)P(P)P)P(P(P)P)P(P)P)P(P(P(P)P)P(P)P)P(P(P)P)P(P)P. The highest BCUT2D eigenvalue weighted by molar-refractivity contribution is 9.60. The van der Waals surface area contributed by atoms with E-state index in [-0.39, 0.29) is 0 Å². The maximum atomic E-state index is 4.96. The lowest BCUT2D eigenvalue weighted by Gasteiger charge is -2.64. The molecule has 0 aliphatic rings. The molecule has 564 valence electrons. The highest BCUT2D eigenvalue weighted by atomic mass is 33.7. The second-order valence-corrected chi connectivity index (χ2v) is 404. The van der Waals surface area contributed by atoms with E-state index in [1.165, 1.54) is 0 Å². The predicted octanol–water partition coefficient (Wildman–Crippen LogP) is 55.8. The lowest BCUT2D eigenvalue weighted by molar-refractivity contribution is 4.29. The molecule has 0 fully saturated rings. The molecule has 0 aromatic heterocycles. The van der Waals surface area contributed by atoms with Crippen LogP contribution in [0.25, 0.3) is 0 Å². The van der Waals surface area contributed by atoms with E-state index in [2.05, 4.69) is 411 Å². The smallest absolute Gasteiger partial charge is 0.000000235 e. The maximum absolute atomic E-state index is 4.96. The van der Waals surface area contributed by atoms with Gasteiger partial charge in [0.05, 0.1) is 0 Å². The van der Waals surface area contributed by atoms with E-state index in [1.54, 1.807) is 0 Å². The van der Waals surface area contributed by atoms with Gasteiger partial charge in [0.2, 0.25) is 0 Å². The van der Waals surface area contributed by atoms with Crippen LogP contribution in [0.15, 0.2) is 0 Å². The molecule has 0 N–H and O–H groups in total. The van der Waals surface area contributed by atoms with Crippen LogP contribution in [0.2, 0.25) is 0 Å². The molecule has 0 amide bonds. The molecule has 0 aromatic rings. The first-order valence-corrected chi connectivity index (χ1v) is 192. The summed E-state index contributed by atoms with van der Waals surface area (Å²) in [7, 11) is 183. The average Bonchev–Trinajstić information content (AvgIpc) is 3.33. The van der Waals surface area contributed by atoms with Gasteiger partial charge < -0.3 is 0 Å². The van der Waals surface area contributed by atoms with Crippen LogP contribution < -0.4 is 0 Å². The second-order valence-electron chi connectivity index (χ2n) is 15.0. The Morgan fingerprint density at radius 3 is 0.191 bits per heavy atom. The van der Waals surface area contributed by atoms with Gasteiger partial charge in [-0.15, -0.1) is 411 Å². The van der Waals surface area contributed by atoms with Crippen molar-refractivity contribution in [1.82, 2.24) is 0 Å². The molecular weight excluding hydrogens is 2910 g/mol. The van der Waals surface area contributed by atoms with E-state index in [0.717, 1.165) is 0 Å². The Balaban J connectivity index is 14.2. The Kier molecular flexibility index (Phi) is 105. The van der Waals surface area contributed by atoms with Crippen LogP contribution in [0.1, 0.15) is 0 Å². The van der Waals surface area contributed by atoms with Gasteiger partial charge >= 0.3 is 0 Å². The summed E-state index contributed by atoms with van der Waals surface area (Å²) in [5, 5.41) is 0. The highest BCUT2D eigenvalue weighted by Gasteiger charge is 2.67. The quantitative estimate of drug-likeness (QED) is 0.0533. The van der Waals surface area contributed by atoms with Crippen molar-refractivity contribution in [1.29, 1.82) is 0 Å². The Morgan fingerprint density at radius 2 is 0.138 bits per heavy atom. The summed E-state index contributed by atoms with van der Waals surface area (Å²) >= 11 is 0. The first kappa shape index (κ1) is 134. The van der Waals surface area contributed by atoms with Gasteiger partial charge in [-0.1, -0.05) is 17.9 Å². The summed E-state index contributed by atoms with van der Waals surface area (Å²) in [4.78, 5) is 0. The molecule has 2 radical (unpaired) electrons. The van der Waals surface area contributed by atoms with Crippen LogP contribution in [0.4, 0.5) is 0 Å². The highest BCUT2D eigenvalue weighted by Crippen LogP contribution is 3.54. The maximum Gasteiger partial charge on any atom is -0.000000235 e. The Hall–Kier alpha value is 40.4. The summed E-state index contributed by atoms with van der Waals surface area (Å²) in [6.45, 7) is -20.7. The van der Waals surface area contributed by atoms with Crippen molar-refractivity contribution >= 4 is 750 Å². The fraction of sp³-hybridized carbons (Fsp3) is 0. The molecular formula is H94P94. The van der Waals surface area contributed by atoms with Crippen LogP contribution in [0, 0.1) is 0 Å². The summed E-state index contributed by atoms with van der Waals surface area (Å²) < 4.78 is 0. The molecule has 0 aliphatic carbocycles. The predicted molar refractivity (Wildman–Crippen MR) is 782 cm³/mol. The van der Waals surface area contributed by atoms with Crippen LogP contribution in [-0.2, 0) is 0 Å². The van der Waals surface area contributed by atoms with Crippen molar-refractivity contribution in [2.75, 3.05) is 0 Å². The monoisotopic (exact) mass is 3010 g/mol. The number of hydrogen-bond donors (Lipinski definition) is 0. The van der Waals surface area contributed by atoms with E-state index in [1.807, 2.05) is 0 Å². The molecule has 0 heterocycles. The molecule has 0 aliphatic heterocycles. The lowest BCUT2D eigenvalue weighted by Crippen LogP contribution is -1.77. The van der Waals surface area contributed by atoms with E-state index in [4.69, 9.17) is 17.9 Å². The zero-order valence-electron chi connectivity index (χ0n) is 48.1. The normalized spacial score (nSPS) is 14.7. The fourth-order valence-electron chi connectivity index (χ4n) is 5.77. The summed E-state index contributed by atoms with van der Waals surface area (Å²) in [6.07, 6.45) is 0. The van der Waals surface area contributed by atoms with Gasteiger partial charge in [0.1, 0.15) is 0 Å². The Labute approximate surface area is 737 Å². The van der Waals surface area contributed by atoms with Crippen LogP contribution in [0.5, 0.6) is 0 Å². The molecule has 0 saturated carbocycles. The third-order valence-corrected chi connectivity index (χ3v) is 671. The van der Waals surface area contributed by atoms with Gasteiger partial charge in [-0.3, -0.25) is 0 Å². The van der Waals surface area contributed by atoms with Crippen LogP contribution in [-0.4, -0.2) is 0 Å². The zero-order chi connectivity index (χ0) is 74.6. The zero-order valence-corrected chi connectivity index (χ0v) is 144. The minimum atomic E-state index is -0.635. The largest absolute Gasteiger partial charge is 0.102 e. The van der Waals surface area contributed by atoms with E-state index in [9.17, 15) is 0 Å². The van der Waals surface area contributed by atoms with Gasteiger partial charge in [0.15, 0.2) is 0 Å². The van der Waals surface area contributed by atoms with Gasteiger partial charge in [0, 0.05) is 0 Å². The van der Waals surface area contributed by atoms with Gasteiger partial charge in [-0.2, -0.15) is 0 Å². The standard InChI is InChI=1S/H94P94/c1-49(2)73(50(3)4)85(74(51(5)6)52(7)8)91(86(75(53(9)10)54(11)12)76(55(13)14)56(15)16)94(92(87(77(57(17)18)58(19)20)78(59(21)22)60(23)24)88(79(61(25)26)62(27)28)80(63(29)30)64(31)32)93(89(81(65(33)34)66(35)36)82(67(37)38)68(39)40)90(83(69(41)42)70(43)44)84(71(45)46)72(47)48/h1-2H,3-48H2. The molecule has 0 bridgehead atoms. The van der Waals surface area contributed by atoms with Crippen molar-refractivity contribution in [3.05, 3.63) is 0 Å². The van der Waals surface area contributed by atoms with Crippen molar-refractivity contribution in [2.45, 2.75) is 0 Å². The summed E-state index contributed by atoms with van der Waals surface area (Å²) in [5.41, 5.74) is 0. The van der Waals surface area contributed by atoms with Crippen molar-refractivity contribution in [2.24, 2.45) is 0 Å². The van der Waals surface area contributed by atoms with E-state index < -0.39 is 321 Å². The molecule has 0 aromatic carbocycles. The van der Waals surface area contributed by atoms with Gasteiger partial charge in [-0.05, 0) is 321 Å². The average molecular weight is 3010 g/mol. The van der Waals surface area contributed by atoms with Crippen LogP contribution in [0.3, 0.4) is 0 Å². The minimum Gasteiger partial charge on any atom is -0.102 e. The topological polar surface area (TPSA) is 0 Å². The lowest BCUT2D eigenvalue weighted by atomic mass is 28.3. The summed E-state index contributed by atoms with van der Waals surface area (Å²) in [6, 6.07) is 0. The first-order valence-electron chi connectivity index (χ1n) is 21.3.